The fourth-order valence-electron chi connectivity index (χ4n) is 2.27. The summed E-state index contributed by atoms with van der Waals surface area (Å²) in [4.78, 5) is 12.2. The minimum Gasteiger partial charge on any atom is -0.324 e. The first-order valence-corrected chi connectivity index (χ1v) is 9.69. The van der Waals surface area contributed by atoms with E-state index >= 15 is 0 Å². The molecule has 0 aliphatic heterocycles. The summed E-state index contributed by atoms with van der Waals surface area (Å²) in [6, 6.07) is 13.1. The summed E-state index contributed by atoms with van der Waals surface area (Å²) >= 11 is 0. The number of amides is 1. The van der Waals surface area contributed by atoms with E-state index in [9.17, 15) is 13.2 Å². The van der Waals surface area contributed by atoms with Gasteiger partial charge in [-0.3, -0.25) is 9.52 Å². The standard InChI is InChI=1S/C18H23N3O3S.ClH/c1-3-12-25(23,24)21-16-10-8-15(9-11-16)20-18(22)17(19)14-6-4-13(2)5-7-14;/h4-11,17,21H,3,12,19H2,1-2H3,(H,20,22);1H. The number of hydrogen-bond donors (Lipinski definition) is 3. The van der Waals surface area contributed by atoms with E-state index in [0.29, 0.717) is 17.8 Å². The quantitative estimate of drug-likeness (QED) is 0.667. The third-order valence-electron chi connectivity index (χ3n) is 3.62. The molecule has 0 aliphatic carbocycles. The van der Waals surface area contributed by atoms with Gasteiger partial charge in [0.1, 0.15) is 6.04 Å². The van der Waals surface area contributed by atoms with Crippen LogP contribution in [-0.2, 0) is 14.8 Å². The minimum absolute atomic E-state index is 0. The number of halogens is 1. The lowest BCUT2D eigenvalue weighted by Gasteiger charge is -2.13. The Morgan fingerprint density at radius 1 is 1.04 bits per heavy atom. The highest BCUT2D eigenvalue weighted by molar-refractivity contribution is 7.92. The molecule has 0 saturated carbocycles. The summed E-state index contributed by atoms with van der Waals surface area (Å²) in [5, 5.41) is 2.73. The molecule has 0 aromatic heterocycles. The first-order valence-electron chi connectivity index (χ1n) is 8.04. The van der Waals surface area contributed by atoms with Crippen LogP contribution in [0, 0.1) is 6.92 Å². The number of aryl methyl sites for hydroxylation is 1. The molecule has 6 nitrogen and oxygen atoms in total. The van der Waals surface area contributed by atoms with E-state index in [2.05, 4.69) is 10.0 Å². The monoisotopic (exact) mass is 397 g/mol. The topological polar surface area (TPSA) is 101 Å². The predicted molar refractivity (Wildman–Crippen MR) is 108 cm³/mol. The van der Waals surface area contributed by atoms with Crippen LogP contribution < -0.4 is 15.8 Å². The number of carbonyl (C=O) groups is 1. The average Bonchev–Trinajstić information content (AvgIpc) is 2.56. The number of nitrogens with one attached hydrogen (secondary N) is 2. The maximum absolute atomic E-state index is 12.2. The van der Waals surface area contributed by atoms with Gasteiger partial charge in [0.2, 0.25) is 15.9 Å². The maximum atomic E-state index is 12.2. The Morgan fingerprint density at radius 3 is 2.12 bits per heavy atom. The van der Waals surface area contributed by atoms with Gasteiger partial charge >= 0.3 is 0 Å². The van der Waals surface area contributed by atoms with Crippen molar-refractivity contribution in [3.05, 3.63) is 59.7 Å². The van der Waals surface area contributed by atoms with Crippen molar-refractivity contribution in [3.8, 4) is 0 Å². The molecule has 0 saturated heterocycles. The van der Waals surface area contributed by atoms with E-state index in [1.54, 1.807) is 31.2 Å². The van der Waals surface area contributed by atoms with Crippen LogP contribution in [0.3, 0.4) is 0 Å². The first kappa shape index (κ1) is 22.0. The van der Waals surface area contributed by atoms with Gasteiger partial charge < -0.3 is 11.1 Å². The fourth-order valence-corrected chi connectivity index (χ4v) is 3.40. The van der Waals surface area contributed by atoms with Gasteiger partial charge in [-0.25, -0.2) is 8.42 Å². The van der Waals surface area contributed by atoms with Gasteiger partial charge in [0.25, 0.3) is 0 Å². The molecule has 0 radical (unpaired) electrons. The Hall–Kier alpha value is -2.09. The van der Waals surface area contributed by atoms with E-state index in [0.717, 1.165) is 11.1 Å². The largest absolute Gasteiger partial charge is 0.324 e. The van der Waals surface area contributed by atoms with Gasteiger partial charge in [-0.2, -0.15) is 0 Å². The van der Waals surface area contributed by atoms with Crippen LogP contribution >= 0.6 is 12.4 Å². The van der Waals surface area contributed by atoms with Crippen molar-refractivity contribution in [2.75, 3.05) is 15.8 Å². The molecular weight excluding hydrogens is 374 g/mol. The highest BCUT2D eigenvalue weighted by Gasteiger charge is 2.16. The highest BCUT2D eigenvalue weighted by Crippen LogP contribution is 2.18. The normalized spacial score (nSPS) is 12.0. The smallest absolute Gasteiger partial charge is 0.245 e. The second kappa shape index (κ2) is 9.56. The summed E-state index contributed by atoms with van der Waals surface area (Å²) < 4.78 is 26.0. The number of hydrogen-bond acceptors (Lipinski definition) is 4. The van der Waals surface area contributed by atoms with Crippen molar-refractivity contribution in [1.29, 1.82) is 0 Å². The van der Waals surface area contributed by atoms with Gasteiger partial charge in [-0.05, 0) is 43.2 Å². The third-order valence-corrected chi connectivity index (χ3v) is 5.11. The fraction of sp³-hybridized carbons (Fsp3) is 0.278. The number of rotatable bonds is 7. The van der Waals surface area contributed by atoms with Crippen molar-refractivity contribution >= 4 is 39.7 Å². The van der Waals surface area contributed by atoms with Crippen LogP contribution in [0.2, 0.25) is 0 Å². The molecule has 0 heterocycles. The summed E-state index contributed by atoms with van der Waals surface area (Å²) in [5.74, 6) is -0.264. The molecule has 1 amide bonds. The molecule has 2 aromatic carbocycles. The number of benzene rings is 2. The number of nitrogens with two attached hydrogens (primary N) is 1. The molecule has 1 unspecified atom stereocenters. The Kier molecular flexibility index (Phi) is 8.08. The zero-order valence-electron chi connectivity index (χ0n) is 14.7. The van der Waals surface area contributed by atoms with Crippen LogP contribution in [0.15, 0.2) is 48.5 Å². The molecule has 2 aromatic rings. The Balaban J connectivity index is 0.00000338. The Labute approximate surface area is 160 Å². The number of carbonyl (C=O) groups excluding carboxylic acids is 1. The van der Waals surface area contributed by atoms with E-state index in [-0.39, 0.29) is 24.1 Å². The number of anilines is 2. The second-order valence-corrected chi connectivity index (χ2v) is 7.72. The zero-order chi connectivity index (χ0) is 18.4. The van der Waals surface area contributed by atoms with Crippen molar-refractivity contribution < 1.29 is 13.2 Å². The zero-order valence-corrected chi connectivity index (χ0v) is 16.4. The van der Waals surface area contributed by atoms with Crippen molar-refractivity contribution in [1.82, 2.24) is 0 Å². The molecule has 0 aliphatic rings. The Bertz CT molecular complexity index is 822. The van der Waals surface area contributed by atoms with Crippen molar-refractivity contribution in [2.24, 2.45) is 5.73 Å². The maximum Gasteiger partial charge on any atom is 0.245 e. The van der Waals surface area contributed by atoms with E-state index < -0.39 is 16.1 Å². The lowest BCUT2D eigenvalue weighted by molar-refractivity contribution is -0.117. The molecule has 8 heteroatoms. The Morgan fingerprint density at radius 2 is 1.58 bits per heavy atom. The van der Waals surface area contributed by atoms with Crippen LogP contribution in [0.4, 0.5) is 11.4 Å². The van der Waals surface area contributed by atoms with Gasteiger partial charge in [-0.1, -0.05) is 36.8 Å². The van der Waals surface area contributed by atoms with E-state index in [1.165, 1.54) is 0 Å². The van der Waals surface area contributed by atoms with E-state index in [4.69, 9.17) is 5.73 Å². The van der Waals surface area contributed by atoms with Gasteiger partial charge in [0.15, 0.2) is 0 Å². The summed E-state index contributed by atoms with van der Waals surface area (Å²) in [6.45, 7) is 3.76. The lowest BCUT2D eigenvalue weighted by atomic mass is 10.1. The van der Waals surface area contributed by atoms with Crippen LogP contribution in [-0.4, -0.2) is 20.1 Å². The molecule has 1 atom stereocenters. The van der Waals surface area contributed by atoms with Crippen LogP contribution in [0.1, 0.15) is 30.5 Å². The highest BCUT2D eigenvalue weighted by atomic mass is 35.5. The number of sulfonamides is 1. The summed E-state index contributed by atoms with van der Waals surface area (Å²) in [6.07, 6.45) is 0.542. The molecule has 0 fully saturated rings. The second-order valence-electron chi connectivity index (χ2n) is 5.88. The molecule has 142 valence electrons. The molecule has 4 N–H and O–H groups in total. The predicted octanol–water partition coefficient (Wildman–Crippen LogP) is 3.21. The van der Waals surface area contributed by atoms with Crippen LogP contribution in [0.5, 0.6) is 0 Å². The first-order chi connectivity index (χ1) is 11.8. The lowest BCUT2D eigenvalue weighted by Crippen LogP contribution is -2.27. The minimum atomic E-state index is -3.33. The average molecular weight is 398 g/mol. The molecule has 0 bridgehead atoms. The van der Waals surface area contributed by atoms with Gasteiger partial charge in [-0.15, -0.1) is 12.4 Å². The molecule has 2 rings (SSSR count). The summed E-state index contributed by atoms with van der Waals surface area (Å²) in [7, 11) is -3.33. The molecule has 0 spiro atoms. The van der Waals surface area contributed by atoms with Gasteiger partial charge in [0.05, 0.1) is 5.75 Å². The van der Waals surface area contributed by atoms with Crippen molar-refractivity contribution in [3.63, 3.8) is 0 Å². The van der Waals surface area contributed by atoms with E-state index in [1.807, 2.05) is 31.2 Å². The van der Waals surface area contributed by atoms with Crippen molar-refractivity contribution in [2.45, 2.75) is 26.3 Å². The third kappa shape index (κ3) is 6.33. The summed E-state index contributed by atoms with van der Waals surface area (Å²) in [5.41, 5.74) is 8.80. The SMILES string of the molecule is CCCS(=O)(=O)Nc1ccc(NC(=O)C(N)c2ccc(C)cc2)cc1.Cl. The van der Waals surface area contributed by atoms with Gasteiger partial charge in [0, 0.05) is 11.4 Å². The molecule has 26 heavy (non-hydrogen) atoms. The molecular formula is C18H24ClN3O3S. The van der Waals surface area contributed by atoms with Crippen LogP contribution in [0.25, 0.3) is 0 Å².